The molecule has 1 aromatic carbocycles. The van der Waals surface area contributed by atoms with Gasteiger partial charge in [0.05, 0.1) is 0 Å². The molecule has 1 heterocycles. The Balaban J connectivity index is 2.12. The highest BCUT2D eigenvalue weighted by atomic mass is 16.5. The predicted octanol–water partition coefficient (Wildman–Crippen LogP) is 2.37. The lowest BCUT2D eigenvalue weighted by molar-refractivity contribution is -0.116. The highest BCUT2D eigenvalue weighted by Gasteiger charge is 2.27. The van der Waals surface area contributed by atoms with E-state index in [4.69, 9.17) is 4.74 Å². The molecule has 0 spiro atoms. The van der Waals surface area contributed by atoms with E-state index in [9.17, 15) is 4.79 Å². The summed E-state index contributed by atoms with van der Waals surface area (Å²) in [5.74, 6) is 1.21. The molecule has 0 radical (unpaired) electrons. The molecule has 1 aliphatic heterocycles. The minimum atomic E-state index is -0.150. The predicted molar refractivity (Wildman–Crippen MR) is 67.0 cm³/mol. The van der Waals surface area contributed by atoms with Crippen molar-refractivity contribution < 1.29 is 9.53 Å². The second kappa shape index (κ2) is 4.62. The van der Waals surface area contributed by atoms with Crippen molar-refractivity contribution in [3.8, 4) is 5.75 Å². The van der Waals surface area contributed by atoms with Gasteiger partial charge in [0, 0.05) is 18.0 Å². The number of rotatable bonds is 3. The van der Waals surface area contributed by atoms with Crippen LogP contribution >= 0.6 is 0 Å². The van der Waals surface area contributed by atoms with Gasteiger partial charge in [0.15, 0.2) is 0 Å². The molecular weight excluding hydrogens is 214 g/mol. The molecule has 0 bridgehead atoms. The van der Waals surface area contributed by atoms with Gasteiger partial charge in [-0.25, -0.2) is 0 Å². The number of nitrogens with one attached hydrogen (secondary N) is 1. The number of hydrogen-bond acceptors (Lipinski definition) is 2. The van der Waals surface area contributed by atoms with Crippen molar-refractivity contribution in [2.75, 3.05) is 0 Å². The molecule has 0 saturated heterocycles. The first kappa shape index (κ1) is 11.7. The second-order valence-corrected chi connectivity index (χ2v) is 4.41. The zero-order valence-corrected chi connectivity index (χ0v) is 10.2. The molecule has 0 fully saturated rings. The van der Waals surface area contributed by atoms with Gasteiger partial charge in [-0.3, -0.25) is 4.79 Å². The Bertz CT molecular complexity index is 454. The average Bonchev–Trinajstić information content (AvgIpc) is 2.62. The first-order valence-electron chi connectivity index (χ1n) is 5.81. The van der Waals surface area contributed by atoms with Crippen molar-refractivity contribution in [2.24, 2.45) is 0 Å². The van der Waals surface area contributed by atoms with Gasteiger partial charge in [0.1, 0.15) is 11.9 Å². The SMILES string of the molecule is C=CC(=O)NCc1ccc2c(c1)C(C)C(C)O2. The van der Waals surface area contributed by atoms with Crippen LogP contribution in [0.4, 0.5) is 0 Å². The molecule has 1 amide bonds. The minimum Gasteiger partial charge on any atom is -0.490 e. The van der Waals surface area contributed by atoms with Crippen molar-refractivity contribution >= 4 is 5.91 Å². The molecule has 3 nitrogen and oxygen atoms in total. The molecule has 1 aliphatic rings. The third-order valence-electron chi connectivity index (χ3n) is 3.23. The van der Waals surface area contributed by atoms with E-state index in [1.165, 1.54) is 11.6 Å². The first-order chi connectivity index (χ1) is 8.11. The van der Waals surface area contributed by atoms with E-state index in [1.807, 2.05) is 12.1 Å². The van der Waals surface area contributed by atoms with Crippen molar-refractivity contribution in [2.45, 2.75) is 32.4 Å². The third-order valence-corrected chi connectivity index (χ3v) is 3.23. The summed E-state index contributed by atoms with van der Waals surface area (Å²) < 4.78 is 5.72. The monoisotopic (exact) mass is 231 g/mol. The Morgan fingerprint density at radius 2 is 2.29 bits per heavy atom. The van der Waals surface area contributed by atoms with Gasteiger partial charge in [0.2, 0.25) is 5.91 Å². The number of ether oxygens (including phenoxy) is 1. The average molecular weight is 231 g/mol. The lowest BCUT2D eigenvalue weighted by atomic mass is 9.97. The van der Waals surface area contributed by atoms with Crippen molar-refractivity contribution in [3.05, 3.63) is 42.0 Å². The zero-order chi connectivity index (χ0) is 12.4. The summed E-state index contributed by atoms with van der Waals surface area (Å²) in [6, 6.07) is 6.06. The van der Waals surface area contributed by atoms with Gasteiger partial charge in [0.25, 0.3) is 0 Å². The van der Waals surface area contributed by atoms with Crippen LogP contribution in [0.2, 0.25) is 0 Å². The van der Waals surface area contributed by atoms with Crippen molar-refractivity contribution in [1.29, 1.82) is 0 Å². The van der Waals surface area contributed by atoms with Crippen LogP contribution < -0.4 is 10.1 Å². The lowest BCUT2D eigenvalue weighted by Crippen LogP contribution is -2.19. The Morgan fingerprint density at radius 3 is 3.00 bits per heavy atom. The van der Waals surface area contributed by atoms with Crippen LogP contribution in [0.3, 0.4) is 0 Å². The van der Waals surface area contributed by atoms with Gasteiger partial charge in [-0.1, -0.05) is 19.6 Å². The number of benzene rings is 1. The van der Waals surface area contributed by atoms with Gasteiger partial charge in [-0.05, 0) is 30.7 Å². The summed E-state index contributed by atoms with van der Waals surface area (Å²) in [6.45, 7) is 8.18. The highest BCUT2D eigenvalue weighted by molar-refractivity contribution is 5.86. The molecule has 3 heteroatoms. The fraction of sp³-hybridized carbons (Fsp3) is 0.357. The Labute approximate surface area is 101 Å². The van der Waals surface area contributed by atoms with E-state index < -0.39 is 0 Å². The van der Waals surface area contributed by atoms with E-state index in [-0.39, 0.29) is 12.0 Å². The van der Waals surface area contributed by atoms with Crippen LogP contribution in [0.5, 0.6) is 5.75 Å². The van der Waals surface area contributed by atoms with Crippen LogP contribution in [-0.4, -0.2) is 12.0 Å². The second-order valence-electron chi connectivity index (χ2n) is 4.41. The maximum atomic E-state index is 11.1. The minimum absolute atomic E-state index is 0.150. The van der Waals surface area contributed by atoms with Crippen LogP contribution in [0, 0.1) is 0 Å². The van der Waals surface area contributed by atoms with Gasteiger partial charge in [-0.2, -0.15) is 0 Å². The zero-order valence-electron chi connectivity index (χ0n) is 10.2. The van der Waals surface area contributed by atoms with Crippen LogP contribution in [-0.2, 0) is 11.3 Å². The maximum absolute atomic E-state index is 11.1. The number of fused-ring (bicyclic) bond motifs is 1. The number of amides is 1. The van der Waals surface area contributed by atoms with E-state index in [0.29, 0.717) is 12.5 Å². The normalized spacial score (nSPS) is 21.5. The topological polar surface area (TPSA) is 38.3 Å². The first-order valence-corrected chi connectivity index (χ1v) is 5.81. The Kier molecular flexibility index (Phi) is 3.18. The molecule has 0 aromatic heterocycles. The molecule has 1 N–H and O–H groups in total. The van der Waals surface area contributed by atoms with E-state index in [1.54, 1.807) is 0 Å². The molecule has 0 aliphatic carbocycles. The van der Waals surface area contributed by atoms with Crippen LogP contribution in [0.15, 0.2) is 30.9 Å². The number of hydrogen-bond donors (Lipinski definition) is 1. The summed E-state index contributed by atoms with van der Waals surface area (Å²) >= 11 is 0. The summed E-state index contributed by atoms with van der Waals surface area (Å²) in [5.41, 5.74) is 2.31. The summed E-state index contributed by atoms with van der Waals surface area (Å²) in [4.78, 5) is 11.1. The Hall–Kier alpha value is -1.77. The van der Waals surface area contributed by atoms with E-state index in [2.05, 4.69) is 31.8 Å². The fourth-order valence-corrected chi connectivity index (χ4v) is 1.99. The van der Waals surface area contributed by atoms with E-state index >= 15 is 0 Å². The lowest BCUT2D eigenvalue weighted by Gasteiger charge is -2.07. The molecule has 17 heavy (non-hydrogen) atoms. The summed E-state index contributed by atoms with van der Waals surface area (Å²) in [6.07, 6.45) is 1.50. The molecule has 2 unspecified atom stereocenters. The molecule has 2 rings (SSSR count). The third kappa shape index (κ3) is 2.33. The standard InChI is InChI=1S/C14H17NO2/c1-4-14(16)15-8-11-5-6-13-12(7-11)9(2)10(3)17-13/h4-7,9-10H,1,8H2,2-3H3,(H,15,16). The summed E-state index contributed by atoms with van der Waals surface area (Å²) in [5, 5.41) is 2.77. The van der Waals surface area contributed by atoms with Crippen LogP contribution in [0.1, 0.15) is 30.9 Å². The number of carbonyl (C=O) groups is 1. The van der Waals surface area contributed by atoms with Gasteiger partial charge < -0.3 is 10.1 Å². The van der Waals surface area contributed by atoms with Crippen LogP contribution in [0.25, 0.3) is 0 Å². The van der Waals surface area contributed by atoms with Crippen molar-refractivity contribution in [1.82, 2.24) is 5.32 Å². The molecule has 0 saturated carbocycles. The largest absolute Gasteiger partial charge is 0.490 e. The van der Waals surface area contributed by atoms with E-state index in [0.717, 1.165) is 11.3 Å². The highest BCUT2D eigenvalue weighted by Crippen LogP contribution is 2.38. The molecule has 90 valence electrons. The van der Waals surface area contributed by atoms with Crippen molar-refractivity contribution in [3.63, 3.8) is 0 Å². The molecule has 1 aromatic rings. The molecular formula is C14H17NO2. The summed E-state index contributed by atoms with van der Waals surface area (Å²) in [7, 11) is 0. The molecule has 2 atom stereocenters. The fourth-order valence-electron chi connectivity index (χ4n) is 1.99. The Morgan fingerprint density at radius 1 is 1.53 bits per heavy atom. The van der Waals surface area contributed by atoms with Gasteiger partial charge in [-0.15, -0.1) is 0 Å². The smallest absolute Gasteiger partial charge is 0.243 e. The van der Waals surface area contributed by atoms with Gasteiger partial charge >= 0.3 is 0 Å². The quantitative estimate of drug-likeness (QED) is 0.811. The number of carbonyl (C=O) groups excluding carboxylic acids is 1. The maximum Gasteiger partial charge on any atom is 0.243 e.